The summed E-state index contributed by atoms with van der Waals surface area (Å²) in [5, 5.41) is 11.6. The minimum absolute atomic E-state index is 0.167. The summed E-state index contributed by atoms with van der Waals surface area (Å²) in [6.45, 7) is 5.69. The SMILES string of the molecule is CC(C)(C)O[C@@H](CCNC(=O)OCc1ccccc1)C(=O)O. The van der Waals surface area contributed by atoms with Gasteiger partial charge in [0.1, 0.15) is 6.61 Å². The van der Waals surface area contributed by atoms with Crippen molar-refractivity contribution in [3.05, 3.63) is 35.9 Å². The van der Waals surface area contributed by atoms with E-state index in [1.54, 1.807) is 20.8 Å². The van der Waals surface area contributed by atoms with Gasteiger partial charge in [0, 0.05) is 13.0 Å². The molecule has 0 saturated carbocycles. The number of carbonyl (C=O) groups is 2. The van der Waals surface area contributed by atoms with Crippen molar-refractivity contribution in [3.8, 4) is 0 Å². The second-order valence-corrected chi connectivity index (χ2v) is 5.83. The largest absolute Gasteiger partial charge is 0.479 e. The van der Waals surface area contributed by atoms with E-state index in [9.17, 15) is 9.59 Å². The predicted octanol–water partition coefficient (Wildman–Crippen LogP) is 2.57. The summed E-state index contributed by atoms with van der Waals surface area (Å²) < 4.78 is 10.5. The van der Waals surface area contributed by atoms with Gasteiger partial charge in [0.2, 0.25) is 0 Å². The van der Waals surface area contributed by atoms with Crippen LogP contribution in [0, 0.1) is 0 Å². The number of ether oxygens (including phenoxy) is 2. The van der Waals surface area contributed by atoms with Crippen LogP contribution in [0.5, 0.6) is 0 Å². The Hall–Kier alpha value is -2.08. The zero-order valence-electron chi connectivity index (χ0n) is 13.2. The Kier molecular flexibility index (Phi) is 6.85. The second-order valence-electron chi connectivity index (χ2n) is 5.83. The number of carbonyl (C=O) groups excluding carboxylic acids is 1. The van der Waals surface area contributed by atoms with E-state index in [-0.39, 0.29) is 19.6 Å². The molecule has 0 aliphatic rings. The molecule has 6 nitrogen and oxygen atoms in total. The van der Waals surface area contributed by atoms with Crippen LogP contribution in [0.15, 0.2) is 30.3 Å². The maximum absolute atomic E-state index is 11.5. The molecule has 0 aromatic heterocycles. The van der Waals surface area contributed by atoms with Crippen molar-refractivity contribution in [3.63, 3.8) is 0 Å². The van der Waals surface area contributed by atoms with Crippen LogP contribution in [-0.2, 0) is 20.9 Å². The van der Waals surface area contributed by atoms with Gasteiger partial charge >= 0.3 is 12.1 Å². The molecule has 0 bridgehead atoms. The first-order valence-electron chi connectivity index (χ1n) is 7.13. The van der Waals surface area contributed by atoms with Crippen molar-refractivity contribution in [2.45, 2.75) is 45.5 Å². The summed E-state index contributed by atoms with van der Waals surface area (Å²) in [5.74, 6) is -1.05. The molecule has 0 aliphatic carbocycles. The van der Waals surface area contributed by atoms with Crippen molar-refractivity contribution >= 4 is 12.1 Å². The van der Waals surface area contributed by atoms with Crippen LogP contribution in [0.25, 0.3) is 0 Å². The summed E-state index contributed by atoms with van der Waals surface area (Å²) in [5.41, 5.74) is 0.328. The molecule has 0 saturated heterocycles. The molecule has 22 heavy (non-hydrogen) atoms. The van der Waals surface area contributed by atoms with E-state index in [1.807, 2.05) is 30.3 Å². The van der Waals surface area contributed by atoms with Crippen molar-refractivity contribution in [2.75, 3.05) is 6.54 Å². The van der Waals surface area contributed by atoms with E-state index in [0.29, 0.717) is 0 Å². The summed E-state index contributed by atoms with van der Waals surface area (Å²) in [7, 11) is 0. The van der Waals surface area contributed by atoms with Crippen LogP contribution >= 0.6 is 0 Å². The van der Waals surface area contributed by atoms with Gasteiger partial charge in [-0.3, -0.25) is 0 Å². The van der Waals surface area contributed by atoms with Gasteiger partial charge < -0.3 is 19.9 Å². The van der Waals surface area contributed by atoms with Crippen LogP contribution in [0.2, 0.25) is 0 Å². The van der Waals surface area contributed by atoms with Gasteiger partial charge in [0.05, 0.1) is 5.60 Å². The summed E-state index contributed by atoms with van der Waals surface area (Å²) in [6.07, 6.45) is -1.37. The maximum Gasteiger partial charge on any atom is 0.407 e. The van der Waals surface area contributed by atoms with Gasteiger partial charge in [-0.1, -0.05) is 30.3 Å². The third-order valence-electron chi connectivity index (χ3n) is 2.66. The number of alkyl carbamates (subject to hydrolysis) is 1. The number of rotatable bonds is 7. The van der Waals surface area contributed by atoms with E-state index in [0.717, 1.165) is 5.56 Å². The molecule has 0 unspecified atom stereocenters. The van der Waals surface area contributed by atoms with Crippen molar-refractivity contribution in [2.24, 2.45) is 0 Å². The number of benzene rings is 1. The van der Waals surface area contributed by atoms with Gasteiger partial charge in [-0.2, -0.15) is 0 Å². The van der Waals surface area contributed by atoms with Gasteiger partial charge in [-0.25, -0.2) is 9.59 Å². The minimum atomic E-state index is -1.05. The molecule has 0 heterocycles. The lowest BCUT2D eigenvalue weighted by atomic mass is 10.1. The molecule has 1 rings (SSSR count). The Labute approximate surface area is 130 Å². The first kappa shape index (κ1) is 18.0. The summed E-state index contributed by atoms with van der Waals surface area (Å²) in [4.78, 5) is 22.6. The van der Waals surface area contributed by atoms with Crippen molar-refractivity contribution < 1.29 is 24.2 Å². The van der Waals surface area contributed by atoms with Crippen LogP contribution in [0.4, 0.5) is 4.79 Å². The first-order valence-corrected chi connectivity index (χ1v) is 7.13. The van der Waals surface area contributed by atoms with Crippen molar-refractivity contribution in [1.29, 1.82) is 0 Å². The molecule has 0 aliphatic heterocycles. The van der Waals surface area contributed by atoms with Gasteiger partial charge in [0.25, 0.3) is 0 Å². The van der Waals surface area contributed by atoms with Gasteiger partial charge in [-0.15, -0.1) is 0 Å². The van der Waals surface area contributed by atoms with E-state index in [2.05, 4.69) is 5.32 Å². The number of hydrogen-bond acceptors (Lipinski definition) is 4. The average molecular weight is 309 g/mol. The Bertz CT molecular complexity index is 481. The lowest BCUT2D eigenvalue weighted by Crippen LogP contribution is -2.36. The fraction of sp³-hybridized carbons (Fsp3) is 0.500. The Morgan fingerprint density at radius 1 is 1.23 bits per heavy atom. The molecule has 0 fully saturated rings. The van der Waals surface area contributed by atoms with Crippen LogP contribution in [-0.4, -0.2) is 35.4 Å². The molecule has 1 aromatic carbocycles. The normalized spacial score (nSPS) is 12.5. The lowest BCUT2D eigenvalue weighted by Gasteiger charge is -2.24. The molecule has 1 atom stereocenters. The van der Waals surface area contributed by atoms with Crippen LogP contribution in [0.3, 0.4) is 0 Å². The third kappa shape index (κ3) is 7.64. The lowest BCUT2D eigenvalue weighted by molar-refractivity contribution is -0.160. The monoisotopic (exact) mass is 309 g/mol. The summed E-state index contributed by atoms with van der Waals surface area (Å²) >= 11 is 0. The number of carboxylic acids is 1. The smallest absolute Gasteiger partial charge is 0.407 e. The maximum atomic E-state index is 11.5. The van der Waals surface area contributed by atoms with E-state index in [4.69, 9.17) is 14.6 Å². The number of aliphatic carboxylic acids is 1. The average Bonchev–Trinajstić information content (AvgIpc) is 2.44. The number of hydrogen-bond donors (Lipinski definition) is 2. The molecular weight excluding hydrogens is 286 g/mol. The zero-order valence-corrected chi connectivity index (χ0v) is 13.2. The summed E-state index contributed by atoms with van der Waals surface area (Å²) in [6, 6.07) is 9.30. The zero-order chi connectivity index (χ0) is 16.6. The standard InChI is InChI=1S/C16H23NO5/c1-16(2,3)22-13(14(18)19)9-10-17-15(20)21-11-12-7-5-4-6-8-12/h4-8,13H,9-11H2,1-3H3,(H,17,20)(H,18,19)/t13-/m0/s1. The third-order valence-corrected chi connectivity index (χ3v) is 2.66. The number of nitrogens with one attached hydrogen (secondary N) is 1. The number of amides is 1. The minimum Gasteiger partial charge on any atom is -0.479 e. The highest BCUT2D eigenvalue weighted by Crippen LogP contribution is 2.13. The molecule has 0 radical (unpaired) electrons. The highest BCUT2D eigenvalue weighted by molar-refractivity contribution is 5.72. The number of carboxylic acid groups (broad SMARTS) is 1. The highest BCUT2D eigenvalue weighted by Gasteiger charge is 2.24. The van der Waals surface area contributed by atoms with Crippen molar-refractivity contribution in [1.82, 2.24) is 5.32 Å². The Balaban J connectivity index is 2.29. The van der Waals surface area contributed by atoms with E-state index in [1.165, 1.54) is 0 Å². The molecular formula is C16H23NO5. The molecule has 2 N–H and O–H groups in total. The van der Waals surface area contributed by atoms with Crippen LogP contribution in [0.1, 0.15) is 32.8 Å². The molecule has 6 heteroatoms. The molecule has 0 spiro atoms. The molecule has 122 valence electrons. The van der Waals surface area contributed by atoms with E-state index >= 15 is 0 Å². The van der Waals surface area contributed by atoms with Gasteiger partial charge in [0.15, 0.2) is 6.10 Å². The molecule has 1 aromatic rings. The predicted molar refractivity (Wildman–Crippen MR) is 81.5 cm³/mol. The second kappa shape index (κ2) is 8.38. The fourth-order valence-electron chi connectivity index (χ4n) is 1.74. The fourth-order valence-corrected chi connectivity index (χ4v) is 1.74. The molecule has 1 amide bonds. The Morgan fingerprint density at radius 2 is 1.86 bits per heavy atom. The topological polar surface area (TPSA) is 84.9 Å². The van der Waals surface area contributed by atoms with Crippen LogP contribution < -0.4 is 5.32 Å². The first-order chi connectivity index (χ1) is 10.3. The highest BCUT2D eigenvalue weighted by atomic mass is 16.5. The van der Waals surface area contributed by atoms with Gasteiger partial charge in [-0.05, 0) is 26.3 Å². The Morgan fingerprint density at radius 3 is 2.41 bits per heavy atom. The van der Waals surface area contributed by atoms with E-state index < -0.39 is 23.8 Å². The quantitative estimate of drug-likeness (QED) is 0.808.